The molecule has 0 aromatic heterocycles. The topological polar surface area (TPSA) is 73.4 Å². The van der Waals surface area contributed by atoms with E-state index in [1.165, 1.54) is 11.8 Å². The molecule has 2 aromatic rings. The molecule has 8 nitrogen and oxygen atoms in total. The Morgan fingerprint density at radius 1 is 1.00 bits per heavy atom. The van der Waals surface area contributed by atoms with Crippen molar-refractivity contribution < 1.29 is 36.7 Å². The third-order valence-corrected chi connectivity index (χ3v) is 9.49. The normalized spacial score (nSPS) is 20.8. The number of carbonyl (C=O) groups excluding carboxylic acids is 3. The smallest absolute Gasteiger partial charge is 0.419 e. The van der Waals surface area contributed by atoms with Gasteiger partial charge in [-0.25, -0.2) is 9.18 Å². The highest BCUT2D eigenvalue weighted by Gasteiger charge is 2.43. The molecule has 5 rings (SSSR count). The summed E-state index contributed by atoms with van der Waals surface area (Å²) in [4.78, 5) is 45.0. The van der Waals surface area contributed by atoms with E-state index in [1.807, 2.05) is 19.1 Å². The minimum absolute atomic E-state index is 0.00526. The summed E-state index contributed by atoms with van der Waals surface area (Å²) in [6.07, 6.45) is -3.85. The second-order valence-electron chi connectivity index (χ2n) is 12.2. The van der Waals surface area contributed by atoms with Crippen molar-refractivity contribution in [2.24, 2.45) is 11.8 Å². The molecule has 0 bridgehead atoms. The Kier molecular flexibility index (Phi) is 9.93. The van der Waals surface area contributed by atoms with Gasteiger partial charge in [-0.3, -0.25) is 14.5 Å². The number of amides is 3. The van der Waals surface area contributed by atoms with Crippen LogP contribution in [0.15, 0.2) is 36.4 Å². The minimum Gasteiger partial charge on any atom is -0.446 e. The lowest BCUT2D eigenvalue weighted by atomic mass is 10.0. The van der Waals surface area contributed by atoms with Crippen molar-refractivity contribution in [3.63, 3.8) is 0 Å². The summed E-state index contributed by atoms with van der Waals surface area (Å²) >= 11 is 6.38. The van der Waals surface area contributed by atoms with Gasteiger partial charge in [-0.2, -0.15) is 13.2 Å². The Balaban J connectivity index is 1.15. The van der Waals surface area contributed by atoms with Gasteiger partial charge in [0, 0.05) is 76.3 Å². The van der Waals surface area contributed by atoms with E-state index in [9.17, 15) is 31.9 Å². The van der Waals surface area contributed by atoms with Crippen LogP contribution in [0.3, 0.4) is 0 Å². The van der Waals surface area contributed by atoms with Gasteiger partial charge in [0.05, 0.1) is 11.1 Å². The molecule has 3 aliphatic rings. The van der Waals surface area contributed by atoms with Crippen LogP contribution in [0.2, 0.25) is 5.02 Å². The van der Waals surface area contributed by atoms with Crippen LogP contribution in [0.5, 0.6) is 0 Å². The molecule has 0 saturated carbocycles. The minimum atomic E-state index is -4.88. The fourth-order valence-electron chi connectivity index (χ4n) is 6.55. The molecule has 2 aromatic carbocycles. The highest BCUT2D eigenvalue weighted by Crippen LogP contribution is 2.35. The molecule has 0 spiro atoms. The summed E-state index contributed by atoms with van der Waals surface area (Å²) < 4.78 is 59.9. The lowest BCUT2D eigenvalue weighted by molar-refractivity contribution is -0.140. The molecule has 0 radical (unpaired) electrons. The molecular weight excluding hydrogens is 616 g/mol. The van der Waals surface area contributed by atoms with Crippen LogP contribution < -0.4 is 4.90 Å². The number of carbonyl (C=O) groups is 3. The van der Waals surface area contributed by atoms with Gasteiger partial charge >= 0.3 is 12.3 Å². The Morgan fingerprint density at radius 2 is 1.67 bits per heavy atom. The van der Waals surface area contributed by atoms with Crippen molar-refractivity contribution in [1.29, 1.82) is 0 Å². The van der Waals surface area contributed by atoms with E-state index in [-0.39, 0.29) is 23.8 Å². The van der Waals surface area contributed by atoms with Crippen LogP contribution in [-0.2, 0) is 15.7 Å². The molecule has 13 heteroatoms. The van der Waals surface area contributed by atoms with Crippen molar-refractivity contribution in [2.45, 2.75) is 45.4 Å². The summed E-state index contributed by atoms with van der Waals surface area (Å²) in [6, 6.07) is 8.22. The van der Waals surface area contributed by atoms with Crippen molar-refractivity contribution in [3.05, 3.63) is 63.9 Å². The first-order chi connectivity index (χ1) is 21.3. The van der Waals surface area contributed by atoms with Gasteiger partial charge in [-0.05, 0) is 61.6 Å². The van der Waals surface area contributed by atoms with Crippen molar-refractivity contribution in [1.82, 2.24) is 14.7 Å². The first kappa shape index (κ1) is 33.0. The molecular formula is C32H37ClF4N4O4. The number of benzene rings is 2. The Hall–Kier alpha value is -3.38. The quantitative estimate of drug-likeness (QED) is 0.351. The number of hydrogen-bond acceptors (Lipinski definition) is 5. The number of ether oxygens (including phenoxy) is 1. The number of fused-ring (bicyclic) bond motifs is 1. The lowest BCUT2D eigenvalue weighted by Gasteiger charge is -2.32. The zero-order valence-electron chi connectivity index (χ0n) is 25.3. The monoisotopic (exact) mass is 652 g/mol. The molecule has 2 atom stereocenters. The van der Waals surface area contributed by atoms with Crippen LogP contribution in [-0.4, -0.2) is 91.1 Å². The summed E-state index contributed by atoms with van der Waals surface area (Å²) in [5.74, 6) is -2.00. The average molecular weight is 653 g/mol. The van der Waals surface area contributed by atoms with E-state index in [4.69, 9.17) is 16.3 Å². The molecule has 2 unspecified atom stereocenters. The van der Waals surface area contributed by atoms with Crippen molar-refractivity contribution in [3.8, 4) is 0 Å². The van der Waals surface area contributed by atoms with E-state index in [2.05, 4.69) is 4.90 Å². The van der Waals surface area contributed by atoms with E-state index in [0.717, 1.165) is 17.7 Å². The second kappa shape index (κ2) is 13.5. The number of alkyl halides is 3. The predicted octanol–water partition coefficient (Wildman–Crippen LogP) is 5.85. The molecule has 3 aliphatic heterocycles. The zero-order valence-corrected chi connectivity index (χ0v) is 26.0. The largest absolute Gasteiger partial charge is 0.446 e. The van der Waals surface area contributed by atoms with Crippen molar-refractivity contribution in [2.75, 3.05) is 57.3 Å². The Morgan fingerprint density at radius 3 is 2.27 bits per heavy atom. The summed E-state index contributed by atoms with van der Waals surface area (Å²) in [6.45, 7) is 7.63. The maximum atomic E-state index is 14.6. The van der Waals surface area contributed by atoms with Crippen LogP contribution in [0, 0.1) is 24.6 Å². The number of nitrogens with zero attached hydrogens (tertiary/aromatic N) is 4. The fourth-order valence-corrected chi connectivity index (χ4v) is 6.72. The maximum Gasteiger partial charge on any atom is 0.419 e. The van der Waals surface area contributed by atoms with Gasteiger partial charge in [0.2, 0.25) is 5.91 Å². The lowest BCUT2D eigenvalue weighted by Crippen LogP contribution is -2.43. The third kappa shape index (κ3) is 7.54. The van der Waals surface area contributed by atoms with Gasteiger partial charge < -0.3 is 19.4 Å². The third-order valence-electron chi connectivity index (χ3n) is 9.08. The van der Waals surface area contributed by atoms with Gasteiger partial charge in [0.1, 0.15) is 11.9 Å². The van der Waals surface area contributed by atoms with Crippen LogP contribution in [0.4, 0.5) is 28.0 Å². The molecule has 3 heterocycles. The summed E-state index contributed by atoms with van der Waals surface area (Å²) in [7, 11) is 0. The number of piperidine rings is 1. The van der Waals surface area contributed by atoms with Gasteiger partial charge in [0.15, 0.2) is 0 Å². The van der Waals surface area contributed by atoms with Crippen LogP contribution in [0.1, 0.15) is 47.7 Å². The van der Waals surface area contributed by atoms with Gasteiger partial charge in [-0.1, -0.05) is 23.7 Å². The number of rotatable bonds is 7. The second-order valence-corrected chi connectivity index (χ2v) is 12.6. The summed E-state index contributed by atoms with van der Waals surface area (Å²) in [5.41, 5.74) is -0.485. The zero-order chi connectivity index (χ0) is 32.5. The molecule has 3 fully saturated rings. The van der Waals surface area contributed by atoms with E-state index in [0.29, 0.717) is 88.4 Å². The SMILES string of the molecule is CC(=O)N1CCC(OC(=O)N(CCCN2CC3CN(C(=O)c4cccc(C(F)(F)F)c4F)CC3C2)c2ccc(C)c(Cl)c2)CC1. The Labute approximate surface area is 264 Å². The first-order valence-corrected chi connectivity index (χ1v) is 15.6. The maximum absolute atomic E-state index is 14.6. The Bertz CT molecular complexity index is 1420. The first-order valence-electron chi connectivity index (χ1n) is 15.2. The number of aryl methyl sites for hydroxylation is 1. The van der Waals surface area contributed by atoms with Crippen LogP contribution >= 0.6 is 11.6 Å². The predicted molar refractivity (Wildman–Crippen MR) is 161 cm³/mol. The average Bonchev–Trinajstić information content (AvgIpc) is 3.55. The molecule has 3 saturated heterocycles. The molecule has 244 valence electrons. The van der Waals surface area contributed by atoms with E-state index < -0.39 is 35.1 Å². The van der Waals surface area contributed by atoms with E-state index >= 15 is 0 Å². The highest BCUT2D eigenvalue weighted by molar-refractivity contribution is 6.31. The van der Waals surface area contributed by atoms with E-state index in [1.54, 1.807) is 15.9 Å². The summed E-state index contributed by atoms with van der Waals surface area (Å²) in [5, 5.41) is 0.538. The molecule has 0 N–H and O–H groups in total. The number of likely N-dealkylation sites (tertiary alicyclic amines) is 3. The number of anilines is 1. The number of hydrogen-bond donors (Lipinski definition) is 0. The standard InChI is InChI=1S/C32H37ClF4N4O4/c1-20-7-8-24(15-28(20)33)41(31(44)45-25-9-13-39(14-10-25)21(2)42)12-4-11-38-16-22-18-40(19-23(22)17-38)30(43)26-5-3-6-27(29(26)34)32(35,36)37/h3,5-8,15,22-23,25H,4,9-14,16-19H2,1-2H3. The highest BCUT2D eigenvalue weighted by atomic mass is 35.5. The number of halogens is 5. The van der Waals surface area contributed by atoms with Crippen LogP contribution in [0.25, 0.3) is 0 Å². The molecule has 45 heavy (non-hydrogen) atoms. The van der Waals surface area contributed by atoms with Gasteiger partial charge in [0.25, 0.3) is 5.91 Å². The fraction of sp³-hybridized carbons (Fsp3) is 0.531. The van der Waals surface area contributed by atoms with Gasteiger partial charge in [-0.15, -0.1) is 0 Å². The molecule has 0 aliphatic carbocycles. The van der Waals surface area contributed by atoms with Crippen molar-refractivity contribution >= 4 is 35.2 Å². The molecule has 3 amide bonds.